The van der Waals surface area contributed by atoms with E-state index in [-0.39, 0.29) is 29.8 Å². The smallest absolute Gasteiger partial charge is 0.342 e. The topological polar surface area (TPSA) is 40.6 Å². The van der Waals surface area contributed by atoms with E-state index in [2.05, 4.69) is 11.0 Å². The number of likely N-dealkylation sites (tertiary alicyclic amines) is 1. The lowest BCUT2D eigenvalue weighted by Gasteiger charge is -2.32. The SMILES string of the molecule is O=C(CC1CCN(C(=O)Cc2ccc(F)cc2)CC1)c1ccc2c(c1)C1=C(CCN(Cc3ccc(C(F)(F)F)cc3)C1)C2. The lowest BCUT2D eigenvalue weighted by Crippen LogP contribution is -2.39. The first-order chi connectivity index (χ1) is 20.6. The van der Waals surface area contributed by atoms with Crippen LogP contribution < -0.4 is 0 Å². The minimum Gasteiger partial charge on any atom is -0.342 e. The predicted octanol–water partition coefficient (Wildman–Crippen LogP) is 7.11. The monoisotopic (exact) mass is 590 g/mol. The Hall–Kier alpha value is -3.78. The van der Waals surface area contributed by atoms with Crippen LogP contribution in [0.5, 0.6) is 0 Å². The van der Waals surface area contributed by atoms with Crippen LogP contribution >= 0.6 is 0 Å². The maximum absolute atomic E-state index is 13.3. The summed E-state index contributed by atoms with van der Waals surface area (Å²) < 4.78 is 52.0. The van der Waals surface area contributed by atoms with Crippen LogP contribution in [0.25, 0.3) is 5.57 Å². The summed E-state index contributed by atoms with van der Waals surface area (Å²) in [5, 5.41) is 0. The molecule has 8 heteroatoms. The molecule has 3 aliphatic rings. The fourth-order valence-corrected chi connectivity index (χ4v) is 6.59. The van der Waals surface area contributed by atoms with E-state index in [9.17, 15) is 27.2 Å². The van der Waals surface area contributed by atoms with Gasteiger partial charge in [-0.2, -0.15) is 13.2 Å². The lowest BCUT2D eigenvalue weighted by molar-refractivity contribution is -0.137. The number of rotatable bonds is 7. The van der Waals surface area contributed by atoms with E-state index in [1.54, 1.807) is 24.3 Å². The summed E-state index contributed by atoms with van der Waals surface area (Å²) in [6.45, 7) is 3.38. The van der Waals surface area contributed by atoms with Crippen LogP contribution in [0.2, 0.25) is 0 Å². The van der Waals surface area contributed by atoms with Crippen LogP contribution in [0, 0.1) is 11.7 Å². The summed E-state index contributed by atoms with van der Waals surface area (Å²) in [5.41, 5.74) is 6.70. The molecule has 224 valence electrons. The molecule has 1 aliphatic carbocycles. The van der Waals surface area contributed by atoms with E-state index in [1.807, 2.05) is 17.0 Å². The molecule has 0 bridgehead atoms. The molecule has 0 atom stereocenters. The highest BCUT2D eigenvalue weighted by Crippen LogP contribution is 2.39. The van der Waals surface area contributed by atoms with Gasteiger partial charge in [0, 0.05) is 44.7 Å². The number of alkyl halides is 3. The minimum absolute atomic E-state index is 0.0268. The molecule has 0 spiro atoms. The zero-order chi connectivity index (χ0) is 30.1. The third-order valence-corrected chi connectivity index (χ3v) is 9.10. The molecule has 1 fully saturated rings. The largest absolute Gasteiger partial charge is 0.416 e. The molecule has 0 radical (unpaired) electrons. The lowest BCUT2D eigenvalue weighted by atomic mass is 9.88. The maximum atomic E-state index is 13.3. The van der Waals surface area contributed by atoms with Crippen LogP contribution in [-0.2, 0) is 30.4 Å². The molecule has 0 aromatic heterocycles. The van der Waals surface area contributed by atoms with Gasteiger partial charge in [0.1, 0.15) is 5.82 Å². The number of hydrogen-bond donors (Lipinski definition) is 0. The average Bonchev–Trinajstić information content (AvgIpc) is 3.36. The van der Waals surface area contributed by atoms with Crippen LogP contribution in [0.15, 0.2) is 72.3 Å². The molecule has 43 heavy (non-hydrogen) atoms. The third-order valence-electron chi connectivity index (χ3n) is 9.10. The first-order valence-electron chi connectivity index (χ1n) is 14.9. The Balaban J connectivity index is 1.04. The van der Waals surface area contributed by atoms with Crippen molar-refractivity contribution in [2.24, 2.45) is 5.92 Å². The van der Waals surface area contributed by atoms with Gasteiger partial charge in [-0.3, -0.25) is 14.5 Å². The van der Waals surface area contributed by atoms with E-state index < -0.39 is 11.7 Å². The molecular formula is C35H34F4N2O2. The Morgan fingerprint density at radius 2 is 1.56 bits per heavy atom. The molecule has 1 amide bonds. The molecule has 3 aromatic rings. The Bertz CT molecular complexity index is 1540. The zero-order valence-corrected chi connectivity index (χ0v) is 23.9. The van der Waals surface area contributed by atoms with Crippen LogP contribution in [0.4, 0.5) is 17.6 Å². The van der Waals surface area contributed by atoms with Crippen molar-refractivity contribution in [1.82, 2.24) is 9.80 Å². The van der Waals surface area contributed by atoms with Gasteiger partial charge >= 0.3 is 6.18 Å². The van der Waals surface area contributed by atoms with E-state index >= 15 is 0 Å². The maximum Gasteiger partial charge on any atom is 0.416 e. The number of piperidine rings is 1. The van der Waals surface area contributed by atoms with Crippen molar-refractivity contribution < 1.29 is 27.2 Å². The summed E-state index contributed by atoms with van der Waals surface area (Å²) in [6, 6.07) is 17.4. The number of halogens is 4. The Morgan fingerprint density at radius 3 is 2.26 bits per heavy atom. The average molecular weight is 591 g/mol. The first kappa shape index (κ1) is 29.3. The summed E-state index contributed by atoms with van der Waals surface area (Å²) >= 11 is 0. The molecule has 0 N–H and O–H groups in total. The number of benzene rings is 3. The number of hydrogen-bond acceptors (Lipinski definition) is 3. The van der Waals surface area contributed by atoms with Gasteiger partial charge in [-0.05, 0) is 89.8 Å². The first-order valence-corrected chi connectivity index (χ1v) is 14.9. The molecule has 4 nitrogen and oxygen atoms in total. The van der Waals surface area contributed by atoms with Gasteiger partial charge < -0.3 is 4.90 Å². The number of ketones is 1. The second kappa shape index (κ2) is 12.1. The predicted molar refractivity (Wildman–Crippen MR) is 157 cm³/mol. The molecule has 1 saturated heterocycles. The summed E-state index contributed by atoms with van der Waals surface area (Å²) in [5.74, 6) is 0.0446. The standard InChI is InChI=1S/C35H34F4N2O2/c36-30-9-3-23(4-10-30)18-34(43)41-15-11-24(12-16-41)17-33(42)28-6-5-26-19-27-13-14-40(22-32(27)31(26)20-28)21-25-1-7-29(8-2-25)35(37,38)39/h1-10,20,24H,11-19,21-22H2. The normalized spacial score (nSPS) is 17.6. The highest BCUT2D eigenvalue weighted by molar-refractivity contribution is 5.97. The Morgan fingerprint density at radius 1 is 0.860 bits per heavy atom. The number of Topliss-reactive ketones (excluding diaryl/α,β-unsaturated/α-hetero) is 1. The highest BCUT2D eigenvalue weighted by atomic mass is 19.4. The Kier molecular flexibility index (Phi) is 8.23. The van der Waals surface area contributed by atoms with Crippen molar-refractivity contribution >= 4 is 17.3 Å². The number of carbonyl (C=O) groups is 2. The van der Waals surface area contributed by atoms with Crippen molar-refractivity contribution in [3.8, 4) is 0 Å². The second-order valence-corrected chi connectivity index (χ2v) is 12.0. The van der Waals surface area contributed by atoms with Gasteiger partial charge in [0.2, 0.25) is 5.91 Å². The number of fused-ring (bicyclic) bond motifs is 2. The fraction of sp³-hybridized carbons (Fsp3) is 0.371. The molecule has 0 unspecified atom stereocenters. The van der Waals surface area contributed by atoms with Crippen LogP contribution in [0.1, 0.15) is 63.9 Å². The number of carbonyl (C=O) groups excluding carboxylic acids is 2. The van der Waals surface area contributed by atoms with Crippen LogP contribution in [0.3, 0.4) is 0 Å². The summed E-state index contributed by atoms with van der Waals surface area (Å²) in [4.78, 5) is 30.2. The van der Waals surface area contributed by atoms with Crippen molar-refractivity contribution in [2.45, 2.75) is 51.2 Å². The van der Waals surface area contributed by atoms with Gasteiger partial charge in [0.05, 0.1) is 12.0 Å². The van der Waals surface area contributed by atoms with E-state index in [4.69, 9.17) is 0 Å². The van der Waals surface area contributed by atoms with Gasteiger partial charge in [0.25, 0.3) is 0 Å². The van der Waals surface area contributed by atoms with Crippen molar-refractivity contribution in [1.29, 1.82) is 0 Å². The minimum atomic E-state index is -4.34. The van der Waals surface area contributed by atoms with E-state index in [1.165, 1.54) is 28.8 Å². The second-order valence-electron chi connectivity index (χ2n) is 12.0. The van der Waals surface area contributed by atoms with Crippen molar-refractivity contribution in [3.63, 3.8) is 0 Å². The number of nitrogens with zero attached hydrogens (tertiary/aromatic N) is 2. The van der Waals surface area contributed by atoms with Crippen molar-refractivity contribution in [3.05, 3.63) is 112 Å². The molecular weight excluding hydrogens is 556 g/mol. The highest BCUT2D eigenvalue weighted by Gasteiger charge is 2.31. The van der Waals surface area contributed by atoms with Gasteiger partial charge in [-0.15, -0.1) is 0 Å². The third kappa shape index (κ3) is 6.74. The molecule has 0 saturated carbocycles. The van der Waals surface area contributed by atoms with E-state index in [0.717, 1.165) is 61.1 Å². The molecule has 3 aromatic carbocycles. The molecule has 6 rings (SSSR count). The van der Waals surface area contributed by atoms with E-state index in [0.29, 0.717) is 38.2 Å². The summed E-state index contributed by atoms with van der Waals surface area (Å²) in [6.07, 6.45) is -0.290. The Labute approximate surface area is 249 Å². The molecule has 2 aliphatic heterocycles. The molecule has 2 heterocycles. The quantitative estimate of drug-likeness (QED) is 0.218. The van der Waals surface area contributed by atoms with Crippen LogP contribution in [-0.4, -0.2) is 47.7 Å². The van der Waals surface area contributed by atoms with Gasteiger partial charge in [-0.1, -0.05) is 42.0 Å². The number of amides is 1. The van der Waals surface area contributed by atoms with Crippen molar-refractivity contribution in [2.75, 3.05) is 26.2 Å². The zero-order valence-electron chi connectivity index (χ0n) is 23.9. The van der Waals surface area contributed by atoms with Gasteiger partial charge in [0.15, 0.2) is 5.78 Å². The van der Waals surface area contributed by atoms with Gasteiger partial charge in [-0.25, -0.2) is 4.39 Å². The summed E-state index contributed by atoms with van der Waals surface area (Å²) in [7, 11) is 0. The fourth-order valence-electron chi connectivity index (χ4n) is 6.59.